The van der Waals surface area contributed by atoms with Crippen molar-refractivity contribution in [1.29, 1.82) is 0 Å². The van der Waals surface area contributed by atoms with Gasteiger partial charge in [-0.25, -0.2) is 0 Å². The van der Waals surface area contributed by atoms with Crippen LogP contribution in [0.4, 0.5) is 0 Å². The van der Waals surface area contributed by atoms with E-state index >= 15 is 0 Å². The zero-order valence-electron chi connectivity index (χ0n) is 27.9. The minimum Gasteiger partial charge on any atom is -0.379 e. The molecule has 4 heterocycles. The number of ether oxygens (including phenoxy) is 3. The maximum absolute atomic E-state index is 14.3. The van der Waals surface area contributed by atoms with E-state index in [2.05, 4.69) is 27.4 Å². The largest absolute Gasteiger partial charge is 0.379 e. The summed E-state index contributed by atoms with van der Waals surface area (Å²) < 4.78 is 18.2. The van der Waals surface area contributed by atoms with Gasteiger partial charge in [-0.05, 0) is 113 Å². The van der Waals surface area contributed by atoms with E-state index < -0.39 is 0 Å². The van der Waals surface area contributed by atoms with Crippen LogP contribution in [0.15, 0.2) is 0 Å². The number of hydrogen-bond donors (Lipinski definition) is 2. The molecule has 0 aromatic carbocycles. The lowest BCUT2D eigenvalue weighted by atomic mass is 9.64. The summed E-state index contributed by atoms with van der Waals surface area (Å²) in [5.41, 5.74) is 0. The van der Waals surface area contributed by atoms with Gasteiger partial charge in [0.25, 0.3) is 0 Å². The summed E-state index contributed by atoms with van der Waals surface area (Å²) >= 11 is 0. The molecule has 8 aliphatic rings. The zero-order chi connectivity index (χ0) is 30.8. The summed E-state index contributed by atoms with van der Waals surface area (Å²) in [6.07, 6.45) is 14.8. The Morgan fingerprint density at radius 1 is 0.844 bits per heavy atom. The molecule has 15 atom stereocenters. The van der Waals surface area contributed by atoms with E-state index in [9.17, 15) is 9.59 Å². The fraction of sp³-hybridized carbons (Fsp3) is 0.944. The van der Waals surface area contributed by atoms with Gasteiger partial charge in [0, 0.05) is 44.4 Å². The van der Waals surface area contributed by atoms with Gasteiger partial charge in [-0.1, -0.05) is 19.8 Å². The van der Waals surface area contributed by atoms with E-state index in [1.165, 1.54) is 38.6 Å². The molecule has 0 radical (unpaired) electrons. The first-order valence-electron chi connectivity index (χ1n) is 18.8. The molecule has 45 heavy (non-hydrogen) atoms. The second-order valence-electron chi connectivity index (χ2n) is 16.0. The van der Waals surface area contributed by atoms with Crippen molar-refractivity contribution in [2.45, 2.75) is 145 Å². The highest BCUT2D eigenvalue weighted by Gasteiger charge is 2.64. The van der Waals surface area contributed by atoms with Crippen LogP contribution in [-0.2, 0) is 23.8 Å². The number of nitrogens with one attached hydrogen (secondary N) is 2. The molecule has 2 N–H and O–H groups in total. The van der Waals surface area contributed by atoms with Crippen LogP contribution in [-0.4, -0.2) is 110 Å². The standard InChI is InChI=1S/C36H58N4O5/c1-4-39-27-8-6-5-7-22(27)25-17-20(9-12-28(25)39)38-31(41)19-45-21-10-13-29-26(18-21)23-15-16-37-33-24-11-14-30(43-2)35(44-3)32(24)36(42)40(29)34(23)33/h20-30,32-35,37H,4-19H2,1-3H3,(H,38,41). The maximum Gasteiger partial charge on any atom is 0.246 e. The molecule has 0 spiro atoms. The predicted octanol–water partition coefficient (Wildman–Crippen LogP) is 3.35. The van der Waals surface area contributed by atoms with Gasteiger partial charge in [-0.2, -0.15) is 0 Å². The Hall–Kier alpha value is -1.26. The van der Waals surface area contributed by atoms with E-state index in [-0.39, 0.29) is 54.9 Å². The topological polar surface area (TPSA) is 92.4 Å². The fourth-order valence-corrected chi connectivity index (χ4v) is 12.9. The Balaban J connectivity index is 0.883. The lowest BCUT2D eigenvalue weighted by Gasteiger charge is -2.55. The van der Waals surface area contributed by atoms with Crippen LogP contribution >= 0.6 is 0 Å². The SMILES string of the molecule is CCN1C2CCCCC2C2CC(NC(=O)COC3CCC4C(C3)C3CCNC5C6CCC(OC)C(OC)C6C(=O)N4C35)CCC21. The zero-order valence-corrected chi connectivity index (χ0v) is 27.9. The normalized spacial score (nSPS) is 49.0. The van der Waals surface area contributed by atoms with Crippen LogP contribution in [0.5, 0.6) is 0 Å². The maximum atomic E-state index is 14.3. The average Bonchev–Trinajstić information content (AvgIpc) is 3.58. The Bertz CT molecular complexity index is 1100. The van der Waals surface area contributed by atoms with Crippen molar-refractivity contribution >= 4 is 11.8 Å². The number of nitrogens with zero attached hydrogens (tertiary/aromatic N) is 2. The van der Waals surface area contributed by atoms with Crippen LogP contribution in [0.1, 0.15) is 90.4 Å². The summed E-state index contributed by atoms with van der Waals surface area (Å²) in [5.74, 6) is 3.07. The molecule has 0 aromatic rings. The van der Waals surface area contributed by atoms with Gasteiger partial charge >= 0.3 is 0 Å². The monoisotopic (exact) mass is 626 g/mol. The highest BCUT2D eigenvalue weighted by atomic mass is 16.5. The highest BCUT2D eigenvalue weighted by molar-refractivity contribution is 5.83. The minimum absolute atomic E-state index is 0.0202. The third-order valence-electron chi connectivity index (χ3n) is 14.5. The number of carbonyl (C=O) groups excluding carboxylic acids is 2. The number of fused-ring (bicyclic) bond motifs is 8. The fourth-order valence-electron chi connectivity index (χ4n) is 12.9. The molecular formula is C36H58N4O5. The molecule has 2 amide bonds. The molecule has 15 unspecified atom stereocenters. The van der Waals surface area contributed by atoms with Crippen LogP contribution in [0.3, 0.4) is 0 Å². The van der Waals surface area contributed by atoms with E-state index in [1.807, 2.05) is 0 Å². The molecule has 9 nitrogen and oxygen atoms in total. The van der Waals surface area contributed by atoms with Gasteiger partial charge in [-0.3, -0.25) is 14.5 Å². The Morgan fingerprint density at radius 3 is 2.47 bits per heavy atom. The van der Waals surface area contributed by atoms with Gasteiger partial charge in [0.2, 0.25) is 11.8 Å². The summed E-state index contributed by atoms with van der Waals surface area (Å²) in [6, 6.07) is 2.68. The Kier molecular flexibility index (Phi) is 8.72. The van der Waals surface area contributed by atoms with Crippen molar-refractivity contribution in [2.24, 2.45) is 35.5 Å². The Morgan fingerprint density at radius 2 is 1.64 bits per heavy atom. The molecule has 8 fully saturated rings. The molecule has 252 valence electrons. The quantitative estimate of drug-likeness (QED) is 0.448. The predicted molar refractivity (Wildman–Crippen MR) is 170 cm³/mol. The Labute approximate surface area is 270 Å². The van der Waals surface area contributed by atoms with Gasteiger partial charge in [-0.15, -0.1) is 0 Å². The van der Waals surface area contributed by atoms with Crippen molar-refractivity contribution in [3.05, 3.63) is 0 Å². The molecular weight excluding hydrogens is 568 g/mol. The van der Waals surface area contributed by atoms with Gasteiger partial charge in [0.1, 0.15) is 6.61 Å². The molecule has 9 heteroatoms. The number of amides is 2. The van der Waals surface area contributed by atoms with Gasteiger partial charge in [0.05, 0.1) is 30.3 Å². The van der Waals surface area contributed by atoms with Gasteiger partial charge in [0.15, 0.2) is 0 Å². The van der Waals surface area contributed by atoms with E-state index in [1.54, 1.807) is 14.2 Å². The molecule has 0 bridgehead atoms. The molecule has 8 rings (SSSR count). The first kappa shape index (κ1) is 31.0. The van der Waals surface area contributed by atoms with Crippen molar-refractivity contribution in [2.75, 3.05) is 33.9 Å². The first-order valence-corrected chi connectivity index (χ1v) is 18.8. The number of likely N-dealkylation sites (tertiary alicyclic amines) is 1. The van der Waals surface area contributed by atoms with Crippen molar-refractivity contribution in [1.82, 2.24) is 20.4 Å². The van der Waals surface area contributed by atoms with Gasteiger partial charge < -0.3 is 29.7 Å². The minimum atomic E-state index is -0.181. The van der Waals surface area contributed by atoms with E-state index in [0.29, 0.717) is 29.7 Å². The van der Waals surface area contributed by atoms with Crippen LogP contribution in [0.25, 0.3) is 0 Å². The van der Waals surface area contributed by atoms with E-state index in [4.69, 9.17) is 14.2 Å². The van der Waals surface area contributed by atoms with Crippen LogP contribution < -0.4 is 10.6 Å². The number of piperidine rings is 2. The second-order valence-corrected chi connectivity index (χ2v) is 16.0. The molecule has 4 saturated heterocycles. The second kappa shape index (κ2) is 12.6. The highest BCUT2D eigenvalue weighted by Crippen LogP contribution is 2.55. The van der Waals surface area contributed by atoms with Crippen molar-refractivity contribution in [3.8, 4) is 0 Å². The number of hydrogen-bond acceptors (Lipinski definition) is 7. The average molecular weight is 627 g/mol. The third-order valence-corrected chi connectivity index (χ3v) is 14.5. The smallest absolute Gasteiger partial charge is 0.246 e. The van der Waals surface area contributed by atoms with Crippen LogP contribution in [0.2, 0.25) is 0 Å². The lowest BCUT2D eigenvalue weighted by molar-refractivity contribution is -0.175. The van der Waals surface area contributed by atoms with Crippen LogP contribution in [0, 0.1) is 35.5 Å². The van der Waals surface area contributed by atoms with Crippen molar-refractivity contribution in [3.63, 3.8) is 0 Å². The summed E-state index contributed by atoms with van der Waals surface area (Å²) in [7, 11) is 3.49. The number of rotatable bonds is 7. The number of methoxy groups -OCH3 is 2. The number of carbonyl (C=O) groups is 2. The molecule has 4 saturated carbocycles. The molecule has 0 aromatic heterocycles. The summed E-state index contributed by atoms with van der Waals surface area (Å²) in [6.45, 7) is 4.69. The summed E-state index contributed by atoms with van der Waals surface area (Å²) in [4.78, 5) is 32.7. The third kappa shape index (κ3) is 5.12. The van der Waals surface area contributed by atoms with E-state index in [0.717, 1.165) is 81.8 Å². The molecule has 4 aliphatic carbocycles. The van der Waals surface area contributed by atoms with Crippen molar-refractivity contribution < 1.29 is 23.8 Å². The lowest BCUT2D eigenvalue weighted by Crippen LogP contribution is -2.70. The molecule has 4 aliphatic heterocycles. The first-order chi connectivity index (χ1) is 22.0. The summed E-state index contributed by atoms with van der Waals surface area (Å²) in [5, 5.41) is 7.28.